The fourth-order valence-corrected chi connectivity index (χ4v) is 2.91. The molecule has 134 valence electrons. The third-order valence-corrected chi connectivity index (χ3v) is 4.19. The van der Waals surface area contributed by atoms with Crippen molar-refractivity contribution >= 4 is 5.97 Å². The molecule has 1 saturated heterocycles. The molecule has 2 heterocycles. The van der Waals surface area contributed by atoms with Gasteiger partial charge in [-0.2, -0.15) is 0 Å². The second-order valence-corrected chi connectivity index (χ2v) is 6.02. The quantitative estimate of drug-likeness (QED) is 0.811. The lowest BCUT2D eigenvalue weighted by atomic mass is 10.1. The summed E-state index contributed by atoms with van der Waals surface area (Å²) in [5.41, 5.74) is 7.60. The molecular weight excluding hydrogens is 322 g/mol. The maximum Gasteiger partial charge on any atom is 0.341 e. The van der Waals surface area contributed by atoms with Gasteiger partial charge in [-0.05, 0) is 25.5 Å². The van der Waals surface area contributed by atoms with Crippen LogP contribution in [-0.4, -0.2) is 31.3 Å². The van der Waals surface area contributed by atoms with E-state index in [-0.39, 0.29) is 12.1 Å². The minimum atomic E-state index is -0.444. The Hall–Kier alpha value is -2.15. The Morgan fingerprint density at radius 2 is 2.08 bits per heavy atom. The normalized spacial score (nSPS) is 22.9. The van der Waals surface area contributed by atoms with Crippen molar-refractivity contribution in [3.8, 4) is 0 Å². The second-order valence-electron chi connectivity index (χ2n) is 6.02. The van der Waals surface area contributed by atoms with E-state index in [1.165, 1.54) is 0 Å². The van der Waals surface area contributed by atoms with Crippen LogP contribution in [0.5, 0.6) is 0 Å². The highest BCUT2D eigenvalue weighted by Crippen LogP contribution is 2.34. The summed E-state index contributed by atoms with van der Waals surface area (Å²) in [6.45, 7) is 4.61. The number of furan rings is 1. The lowest BCUT2D eigenvalue weighted by Crippen LogP contribution is -2.36. The molecule has 0 unspecified atom stereocenters. The molecule has 2 N–H and O–H groups in total. The minimum absolute atomic E-state index is 0.259. The van der Waals surface area contributed by atoms with Crippen LogP contribution in [-0.2, 0) is 20.8 Å². The van der Waals surface area contributed by atoms with Crippen molar-refractivity contribution in [3.05, 3.63) is 59.0 Å². The second kappa shape index (κ2) is 7.82. The minimum Gasteiger partial charge on any atom is -0.463 e. The molecule has 0 bridgehead atoms. The van der Waals surface area contributed by atoms with Gasteiger partial charge in [0.1, 0.15) is 29.3 Å². The molecule has 6 nitrogen and oxygen atoms in total. The summed E-state index contributed by atoms with van der Waals surface area (Å²) in [6, 6.07) is 11.3. The highest BCUT2D eigenvalue weighted by molar-refractivity contribution is 5.90. The average Bonchev–Trinajstić information content (AvgIpc) is 3.17. The highest BCUT2D eigenvalue weighted by atomic mass is 16.6. The van der Waals surface area contributed by atoms with Gasteiger partial charge in [-0.15, -0.1) is 0 Å². The summed E-state index contributed by atoms with van der Waals surface area (Å²) in [7, 11) is 0. The van der Waals surface area contributed by atoms with Crippen LogP contribution in [0.4, 0.5) is 0 Å². The van der Waals surface area contributed by atoms with E-state index in [9.17, 15) is 4.79 Å². The molecule has 3 atom stereocenters. The predicted molar refractivity (Wildman–Crippen MR) is 91.1 cm³/mol. The standard InChI is InChI=1S/C19H23NO5/c1-3-22-19(21)14-9-16(25-12(14)2)18-17(15(20)11-24-18)23-10-13-7-5-4-6-8-13/h4-9,15,17-18H,3,10-11,20H2,1-2H3/t15-,17+,18-/m0/s1. The van der Waals surface area contributed by atoms with E-state index in [0.29, 0.717) is 36.9 Å². The van der Waals surface area contributed by atoms with Crippen molar-refractivity contribution in [2.75, 3.05) is 13.2 Å². The van der Waals surface area contributed by atoms with E-state index in [0.717, 1.165) is 5.56 Å². The monoisotopic (exact) mass is 345 g/mol. The van der Waals surface area contributed by atoms with E-state index in [2.05, 4.69) is 0 Å². The van der Waals surface area contributed by atoms with Gasteiger partial charge >= 0.3 is 5.97 Å². The summed E-state index contributed by atoms with van der Waals surface area (Å²) in [4.78, 5) is 12.0. The Morgan fingerprint density at radius 3 is 2.80 bits per heavy atom. The lowest BCUT2D eigenvalue weighted by Gasteiger charge is -2.20. The van der Waals surface area contributed by atoms with Crippen LogP contribution in [0.3, 0.4) is 0 Å². The Labute approximate surface area is 146 Å². The van der Waals surface area contributed by atoms with Gasteiger partial charge in [-0.25, -0.2) is 4.79 Å². The third kappa shape index (κ3) is 3.92. The molecule has 25 heavy (non-hydrogen) atoms. The Bertz CT molecular complexity index is 712. The van der Waals surface area contributed by atoms with Gasteiger partial charge in [0.05, 0.1) is 25.9 Å². The molecule has 1 fully saturated rings. The molecule has 0 saturated carbocycles. The Kier molecular flexibility index (Phi) is 5.53. The van der Waals surface area contributed by atoms with Crippen molar-refractivity contribution in [1.29, 1.82) is 0 Å². The van der Waals surface area contributed by atoms with Crippen LogP contribution in [0.2, 0.25) is 0 Å². The van der Waals surface area contributed by atoms with Crippen LogP contribution in [0.15, 0.2) is 40.8 Å². The van der Waals surface area contributed by atoms with Crippen molar-refractivity contribution in [1.82, 2.24) is 0 Å². The van der Waals surface area contributed by atoms with Gasteiger partial charge in [0, 0.05) is 0 Å². The first kappa shape index (κ1) is 17.7. The molecule has 1 aromatic carbocycles. The predicted octanol–water partition coefficient (Wildman–Crippen LogP) is 2.75. The fraction of sp³-hybridized carbons (Fsp3) is 0.421. The zero-order chi connectivity index (χ0) is 17.8. The molecule has 0 spiro atoms. The van der Waals surface area contributed by atoms with Crippen LogP contribution in [0.1, 0.15) is 40.5 Å². The smallest absolute Gasteiger partial charge is 0.341 e. The van der Waals surface area contributed by atoms with E-state index >= 15 is 0 Å². The SMILES string of the molecule is CCOC(=O)c1cc([C@@H]2OC[C@H](N)[C@H]2OCc2ccccc2)oc1C. The van der Waals surface area contributed by atoms with Crippen molar-refractivity contribution in [3.63, 3.8) is 0 Å². The van der Waals surface area contributed by atoms with Gasteiger partial charge in [0.2, 0.25) is 0 Å². The Balaban J connectivity index is 1.74. The molecule has 1 aliphatic rings. The van der Waals surface area contributed by atoms with Crippen LogP contribution in [0.25, 0.3) is 0 Å². The summed E-state index contributed by atoms with van der Waals surface area (Å²) < 4.78 is 22.5. The van der Waals surface area contributed by atoms with Gasteiger partial charge in [0.25, 0.3) is 0 Å². The summed E-state index contributed by atoms with van der Waals surface area (Å²) in [5.74, 6) is 0.630. The number of benzene rings is 1. The first-order valence-corrected chi connectivity index (χ1v) is 8.40. The van der Waals surface area contributed by atoms with Gasteiger partial charge in [-0.3, -0.25) is 0 Å². The number of nitrogens with two attached hydrogens (primary N) is 1. The Morgan fingerprint density at radius 1 is 1.32 bits per heavy atom. The fourth-order valence-electron chi connectivity index (χ4n) is 2.91. The third-order valence-electron chi connectivity index (χ3n) is 4.19. The van der Waals surface area contributed by atoms with E-state index in [1.54, 1.807) is 19.9 Å². The zero-order valence-corrected chi connectivity index (χ0v) is 14.4. The molecule has 2 aromatic rings. The molecule has 3 rings (SSSR count). The number of esters is 1. The largest absolute Gasteiger partial charge is 0.463 e. The molecule has 0 amide bonds. The summed E-state index contributed by atoms with van der Waals surface area (Å²) in [5, 5.41) is 0. The molecule has 0 aliphatic carbocycles. The number of hydrogen-bond acceptors (Lipinski definition) is 6. The summed E-state index contributed by atoms with van der Waals surface area (Å²) >= 11 is 0. The molecule has 1 aromatic heterocycles. The number of carbonyl (C=O) groups is 1. The zero-order valence-electron chi connectivity index (χ0n) is 14.4. The van der Waals surface area contributed by atoms with E-state index in [4.69, 9.17) is 24.4 Å². The number of carbonyl (C=O) groups excluding carboxylic acids is 1. The van der Waals surface area contributed by atoms with Crippen molar-refractivity contribution in [2.24, 2.45) is 5.73 Å². The first-order chi connectivity index (χ1) is 12.1. The maximum atomic E-state index is 12.0. The number of ether oxygens (including phenoxy) is 3. The van der Waals surface area contributed by atoms with Crippen LogP contribution >= 0.6 is 0 Å². The van der Waals surface area contributed by atoms with Gasteiger partial charge in [-0.1, -0.05) is 30.3 Å². The summed E-state index contributed by atoms with van der Waals surface area (Å²) in [6.07, 6.45) is -0.790. The average molecular weight is 345 g/mol. The first-order valence-electron chi connectivity index (χ1n) is 8.40. The maximum absolute atomic E-state index is 12.0. The van der Waals surface area contributed by atoms with Gasteiger partial charge in [0.15, 0.2) is 0 Å². The van der Waals surface area contributed by atoms with E-state index < -0.39 is 12.1 Å². The molecule has 1 aliphatic heterocycles. The number of aryl methyl sites for hydroxylation is 1. The van der Waals surface area contributed by atoms with Crippen molar-refractivity contribution in [2.45, 2.75) is 38.7 Å². The van der Waals surface area contributed by atoms with Gasteiger partial charge < -0.3 is 24.4 Å². The van der Waals surface area contributed by atoms with Crippen molar-refractivity contribution < 1.29 is 23.4 Å². The highest BCUT2D eigenvalue weighted by Gasteiger charge is 2.39. The van der Waals surface area contributed by atoms with E-state index in [1.807, 2.05) is 30.3 Å². The lowest BCUT2D eigenvalue weighted by molar-refractivity contribution is -0.0301. The number of hydrogen-bond donors (Lipinski definition) is 1. The molecule has 0 radical (unpaired) electrons. The van der Waals surface area contributed by atoms with Crippen LogP contribution < -0.4 is 5.73 Å². The topological polar surface area (TPSA) is 83.9 Å². The molecular formula is C19H23NO5. The molecule has 6 heteroatoms. The number of rotatable bonds is 6. The van der Waals surface area contributed by atoms with Crippen LogP contribution in [0, 0.1) is 6.92 Å².